The summed E-state index contributed by atoms with van der Waals surface area (Å²) in [5, 5.41) is 4.51. The van der Waals surface area contributed by atoms with Crippen LogP contribution in [0.5, 0.6) is 0 Å². The minimum absolute atomic E-state index is 0.673. The van der Waals surface area contributed by atoms with Crippen LogP contribution >= 0.6 is 23.2 Å². The molecule has 0 spiro atoms. The van der Waals surface area contributed by atoms with Gasteiger partial charge in [0, 0.05) is 10.0 Å². The number of hydrogen-bond donors (Lipinski definition) is 1. The Labute approximate surface area is 126 Å². The standard InChI is InChI=1S/C12H12Cl2.C4H9N/c1-3-9(4-2)5-10-6-11(13)8-12(14)7-10;1-4-2-5-3-4/h3-4,6-8H,1,5H2,2H3;4-5H,2-3H2,1H3/b9-4+;. The molecule has 0 aromatic heterocycles. The Bertz CT molecular complexity index is 428. The smallest absolute Gasteiger partial charge is 0.0423 e. The molecule has 0 saturated carbocycles. The highest BCUT2D eigenvalue weighted by Crippen LogP contribution is 2.21. The van der Waals surface area contributed by atoms with Crippen molar-refractivity contribution in [1.29, 1.82) is 0 Å². The van der Waals surface area contributed by atoms with Crippen molar-refractivity contribution in [3.05, 3.63) is 58.1 Å². The second kappa shape index (κ2) is 8.42. The van der Waals surface area contributed by atoms with Gasteiger partial charge in [0.15, 0.2) is 0 Å². The van der Waals surface area contributed by atoms with E-state index in [9.17, 15) is 0 Å². The lowest BCUT2D eigenvalue weighted by molar-refractivity contribution is 0.379. The van der Waals surface area contributed by atoms with Gasteiger partial charge in [0.1, 0.15) is 0 Å². The Morgan fingerprint density at radius 2 is 1.84 bits per heavy atom. The Morgan fingerprint density at radius 1 is 1.32 bits per heavy atom. The van der Waals surface area contributed by atoms with Gasteiger partial charge >= 0.3 is 0 Å². The Morgan fingerprint density at radius 3 is 2.16 bits per heavy atom. The predicted octanol–water partition coefficient (Wildman–Crippen LogP) is 4.89. The summed E-state index contributed by atoms with van der Waals surface area (Å²) in [6, 6.07) is 5.57. The molecule has 0 radical (unpaired) electrons. The van der Waals surface area contributed by atoms with Crippen molar-refractivity contribution in [3.63, 3.8) is 0 Å². The molecule has 104 valence electrons. The van der Waals surface area contributed by atoms with Crippen LogP contribution in [0, 0.1) is 5.92 Å². The molecule has 1 aromatic carbocycles. The third-order valence-electron chi connectivity index (χ3n) is 2.95. The average Bonchev–Trinajstić information content (AvgIpc) is 2.33. The van der Waals surface area contributed by atoms with Crippen LogP contribution in [-0.4, -0.2) is 13.1 Å². The summed E-state index contributed by atoms with van der Waals surface area (Å²) in [5.41, 5.74) is 2.28. The highest BCUT2D eigenvalue weighted by atomic mass is 35.5. The van der Waals surface area contributed by atoms with E-state index in [0.717, 1.165) is 17.9 Å². The van der Waals surface area contributed by atoms with Crippen LogP contribution < -0.4 is 5.32 Å². The van der Waals surface area contributed by atoms with Gasteiger partial charge in [0.2, 0.25) is 0 Å². The van der Waals surface area contributed by atoms with Crippen molar-refractivity contribution in [2.45, 2.75) is 20.3 Å². The summed E-state index contributed by atoms with van der Waals surface area (Å²) in [4.78, 5) is 0. The molecule has 1 aliphatic heterocycles. The monoisotopic (exact) mass is 297 g/mol. The van der Waals surface area contributed by atoms with Crippen LogP contribution in [0.1, 0.15) is 19.4 Å². The highest BCUT2D eigenvalue weighted by molar-refractivity contribution is 6.34. The van der Waals surface area contributed by atoms with Gasteiger partial charge < -0.3 is 5.32 Å². The first-order chi connectivity index (χ1) is 9.05. The van der Waals surface area contributed by atoms with E-state index in [1.807, 2.05) is 31.2 Å². The zero-order valence-corrected chi connectivity index (χ0v) is 13.1. The van der Waals surface area contributed by atoms with Crippen molar-refractivity contribution in [3.8, 4) is 0 Å². The number of allylic oxidation sites excluding steroid dienone is 3. The Kier molecular flexibility index (Phi) is 7.22. The zero-order valence-electron chi connectivity index (χ0n) is 11.5. The molecule has 19 heavy (non-hydrogen) atoms. The van der Waals surface area contributed by atoms with Gasteiger partial charge in [-0.2, -0.15) is 0 Å². The molecule has 1 aromatic rings. The van der Waals surface area contributed by atoms with E-state index >= 15 is 0 Å². The van der Waals surface area contributed by atoms with Crippen molar-refractivity contribution in [2.24, 2.45) is 5.92 Å². The summed E-state index contributed by atoms with van der Waals surface area (Å²) in [5.74, 6) is 0.954. The molecule has 1 saturated heterocycles. The van der Waals surface area contributed by atoms with Crippen LogP contribution in [0.4, 0.5) is 0 Å². The second-order valence-electron chi connectivity index (χ2n) is 4.79. The lowest BCUT2D eigenvalue weighted by atomic mass is 10.1. The summed E-state index contributed by atoms with van der Waals surface area (Å²) >= 11 is 11.8. The van der Waals surface area contributed by atoms with Crippen LogP contribution in [-0.2, 0) is 6.42 Å². The fourth-order valence-corrected chi connectivity index (χ4v) is 2.25. The number of rotatable bonds is 3. The summed E-state index contributed by atoms with van der Waals surface area (Å²) in [7, 11) is 0. The SMILES string of the molecule is C=C/C(=C\C)Cc1cc(Cl)cc(Cl)c1.CC1CNC1. The van der Waals surface area contributed by atoms with E-state index in [0.29, 0.717) is 10.0 Å². The number of benzene rings is 1. The first kappa shape index (κ1) is 16.3. The predicted molar refractivity (Wildman–Crippen MR) is 86.2 cm³/mol. The van der Waals surface area contributed by atoms with E-state index < -0.39 is 0 Å². The molecule has 0 aliphatic carbocycles. The van der Waals surface area contributed by atoms with Crippen LogP contribution in [0.2, 0.25) is 10.0 Å². The Hall–Kier alpha value is -0.760. The average molecular weight is 298 g/mol. The normalized spacial score (nSPS) is 15.3. The molecule has 1 heterocycles. The van der Waals surface area contributed by atoms with Crippen molar-refractivity contribution < 1.29 is 0 Å². The molecule has 0 bridgehead atoms. The van der Waals surface area contributed by atoms with Crippen molar-refractivity contribution in [1.82, 2.24) is 5.32 Å². The molecule has 1 nitrogen and oxygen atoms in total. The van der Waals surface area contributed by atoms with Gasteiger partial charge in [-0.3, -0.25) is 0 Å². The van der Waals surface area contributed by atoms with Gasteiger partial charge in [0.25, 0.3) is 0 Å². The van der Waals surface area contributed by atoms with E-state index in [1.54, 1.807) is 6.07 Å². The highest BCUT2D eigenvalue weighted by Gasteiger charge is 2.07. The molecule has 0 atom stereocenters. The summed E-state index contributed by atoms with van der Waals surface area (Å²) < 4.78 is 0. The maximum atomic E-state index is 5.89. The number of halogens is 2. The van der Waals surface area contributed by atoms with Gasteiger partial charge in [-0.05, 0) is 61.7 Å². The fraction of sp³-hybridized carbons (Fsp3) is 0.375. The first-order valence-electron chi connectivity index (χ1n) is 6.48. The largest absolute Gasteiger partial charge is 0.316 e. The second-order valence-corrected chi connectivity index (χ2v) is 5.66. The third kappa shape index (κ3) is 6.29. The minimum atomic E-state index is 0.673. The maximum Gasteiger partial charge on any atom is 0.0423 e. The molecular weight excluding hydrogens is 277 g/mol. The number of nitrogens with one attached hydrogen (secondary N) is 1. The van der Waals surface area contributed by atoms with E-state index in [2.05, 4.69) is 18.8 Å². The lowest BCUT2D eigenvalue weighted by Gasteiger charge is -2.21. The van der Waals surface area contributed by atoms with Crippen molar-refractivity contribution >= 4 is 23.2 Å². The first-order valence-corrected chi connectivity index (χ1v) is 7.24. The quantitative estimate of drug-likeness (QED) is 0.783. The van der Waals surface area contributed by atoms with Gasteiger partial charge in [0.05, 0.1) is 0 Å². The molecule has 1 fully saturated rings. The molecule has 1 aliphatic rings. The molecule has 0 unspecified atom stereocenters. The summed E-state index contributed by atoms with van der Waals surface area (Å²) in [6.45, 7) is 10.4. The van der Waals surface area contributed by atoms with Crippen LogP contribution in [0.3, 0.4) is 0 Å². The molecule has 2 rings (SSSR count). The van der Waals surface area contributed by atoms with Crippen LogP contribution in [0.25, 0.3) is 0 Å². The van der Waals surface area contributed by atoms with Gasteiger partial charge in [-0.25, -0.2) is 0 Å². The lowest BCUT2D eigenvalue weighted by Crippen LogP contribution is -2.39. The topological polar surface area (TPSA) is 12.0 Å². The summed E-state index contributed by atoms with van der Waals surface area (Å²) in [6.07, 6.45) is 4.69. The maximum absolute atomic E-state index is 5.89. The fourth-order valence-electron chi connectivity index (χ4n) is 1.67. The van der Waals surface area contributed by atoms with Crippen molar-refractivity contribution in [2.75, 3.05) is 13.1 Å². The van der Waals surface area contributed by atoms with Gasteiger partial charge in [-0.15, -0.1) is 0 Å². The van der Waals surface area contributed by atoms with E-state index in [1.165, 1.54) is 18.7 Å². The Balaban J connectivity index is 0.000000300. The van der Waals surface area contributed by atoms with Crippen LogP contribution in [0.15, 0.2) is 42.5 Å². The zero-order chi connectivity index (χ0) is 14.3. The van der Waals surface area contributed by atoms with Gasteiger partial charge in [-0.1, -0.05) is 48.9 Å². The molecular formula is C16H21Cl2N. The molecule has 3 heteroatoms. The molecule has 1 N–H and O–H groups in total. The van der Waals surface area contributed by atoms with E-state index in [-0.39, 0.29) is 0 Å². The minimum Gasteiger partial charge on any atom is -0.316 e. The van der Waals surface area contributed by atoms with E-state index in [4.69, 9.17) is 23.2 Å². The number of hydrogen-bond acceptors (Lipinski definition) is 1. The third-order valence-corrected chi connectivity index (χ3v) is 3.39. The molecule has 0 amide bonds.